The van der Waals surface area contributed by atoms with Crippen molar-refractivity contribution in [2.24, 2.45) is 0 Å². The Hall–Kier alpha value is 1.86. The molecule has 0 saturated carbocycles. The van der Waals surface area contributed by atoms with Crippen LogP contribution < -0.4 is 0 Å². The van der Waals surface area contributed by atoms with E-state index in [1.165, 1.54) is 0 Å². The molecule has 0 aromatic carbocycles. The average molecular weight is 302 g/mol. The molecule has 0 spiro atoms. The van der Waals surface area contributed by atoms with Crippen molar-refractivity contribution in [2.75, 3.05) is 4.93 Å². The molecule has 0 rings (SSSR count). The number of halogens is 1. The maximum Gasteiger partial charge on any atom is 0 e. The van der Waals surface area contributed by atoms with E-state index in [2.05, 4.69) is 22.6 Å². The van der Waals surface area contributed by atoms with E-state index in [4.69, 9.17) is 0 Å². The van der Waals surface area contributed by atoms with E-state index in [-0.39, 0.29) is 36.3 Å². The molecule has 31 valence electrons. The van der Waals surface area contributed by atoms with Gasteiger partial charge in [0.1, 0.15) is 0 Å². The largest absolute Gasteiger partial charge is 0.0901 e. The zero-order valence-electron chi connectivity index (χ0n) is 2.06. The fraction of sp³-hybridized carbons (Fsp3) is 1.00. The molecule has 0 aromatic rings. The second kappa shape index (κ2) is 20.9. The van der Waals surface area contributed by atoms with Crippen molar-refractivity contribution in [1.29, 1.82) is 0 Å². The minimum atomic E-state index is 0. The van der Waals surface area contributed by atoms with Gasteiger partial charge in [-0.3, -0.25) is 0 Å². The molecule has 0 atom stereocenters. The first-order valence-corrected chi connectivity index (χ1v) is 2.54. The van der Waals surface area contributed by atoms with Crippen molar-refractivity contribution in [1.82, 2.24) is 0 Å². The summed E-state index contributed by atoms with van der Waals surface area (Å²) >= 11 is 2.15. The van der Waals surface area contributed by atoms with Crippen LogP contribution in [0.4, 0.5) is 0 Å². The molecule has 0 N–H and O–H groups in total. The molecule has 0 aliphatic carbocycles. The summed E-state index contributed by atoms with van der Waals surface area (Å²) in [6, 6.07) is 0. The van der Waals surface area contributed by atoms with Crippen LogP contribution in [-0.4, -0.2) is 4.93 Å². The third kappa shape index (κ3) is 9.13. The van der Waals surface area contributed by atoms with Crippen LogP contribution in [0.25, 0.3) is 0 Å². The summed E-state index contributed by atoms with van der Waals surface area (Å²) < 4.78 is 0. The van der Waals surface area contributed by atoms with Crippen LogP contribution in [0.2, 0.25) is 0 Å². The Morgan fingerprint density at radius 1 is 1.25 bits per heavy atom. The van der Waals surface area contributed by atoms with E-state index in [9.17, 15) is 0 Å². The minimum Gasteiger partial charge on any atom is -0.0901 e. The minimum absolute atomic E-state index is 0. The van der Waals surface area contributed by atoms with Crippen LogP contribution in [0.3, 0.4) is 0 Å². The third-order valence-corrected chi connectivity index (χ3v) is 0. The second-order valence-electron chi connectivity index (χ2n) is 0. The molecule has 0 saturated heterocycles. The van der Waals surface area contributed by atoms with Crippen LogP contribution >= 0.6 is 22.6 Å². The van der Waals surface area contributed by atoms with Gasteiger partial charge in [0, 0.05) is 36.3 Å². The van der Waals surface area contributed by atoms with Gasteiger partial charge < -0.3 is 0 Å². The van der Waals surface area contributed by atoms with E-state index in [1.807, 2.05) is 4.93 Å². The quantitative estimate of drug-likeness (QED) is 0.356. The zero-order chi connectivity index (χ0) is 2.00. The SMILES string of the molecule is CI.[Co].[Ru]. The molecular formula is CH3CoIRu. The number of alkyl halides is 1. The molecule has 0 amide bonds. The van der Waals surface area contributed by atoms with Crippen LogP contribution in [0, 0.1) is 0 Å². The van der Waals surface area contributed by atoms with Gasteiger partial charge in [-0.1, -0.05) is 22.6 Å². The number of hydrogen-bond acceptors (Lipinski definition) is 0. The smallest absolute Gasteiger partial charge is 0 e. The fourth-order valence-electron chi connectivity index (χ4n) is 0. The Bertz CT molecular complexity index is 8.00. The molecule has 0 unspecified atom stereocenters. The van der Waals surface area contributed by atoms with Crippen LogP contribution in [0.1, 0.15) is 0 Å². The molecule has 3 heteroatoms. The summed E-state index contributed by atoms with van der Waals surface area (Å²) in [4.78, 5) is 1.97. The third-order valence-electron chi connectivity index (χ3n) is 0. The molecule has 0 aliphatic heterocycles. The van der Waals surface area contributed by atoms with Gasteiger partial charge in [-0.2, -0.15) is 0 Å². The molecular weight excluding hydrogens is 299 g/mol. The Morgan fingerprint density at radius 3 is 1.25 bits per heavy atom. The van der Waals surface area contributed by atoms with Gasteiger partial charge in [0.25, 0.3) is 0 Å². The molecule has 4 heavy (non-hydrogen) atoms. The monoisotopic (exact) mass is 303 g/mol. The van der Waals surface area contributed by atoms with Crippen molar-refractivity contribution < 1.29 is 36.3 Å². The maximum atomic E-state index is 2.15. The molecule has 0 bridgehead atoms. The number of rotatable bonds is 0. The Balaban J connectivity index is -0.00000000500. The van der Waals surface area contributed by atoms with Crippen molar-refractivity contribution in [3.8, 4) is 0 Å². The van der Waals surface area contributed by atoms with E-state index >= 15 is 0 Å². The summed E-state index contributed by atoms with van der Waals surface area (Å²) in [6.07, 6.45) is 0. The van der Waals surface area contributed by atoms with E-state index in [0.717, 1.165) is 0 Å². The first-order chi connectivity index (χ1) is 1.00. The first kappa shape index (κ1) is 16.9. The van der Waals surface area contributed by atoms with Gasteiger partial charge in [0.2, 0.25) is 0 Å². The van der Waals surface area contributed by atoms with Gasteiger partial charge in [0.15, 0.2) is 0 Å². The van der Waals surface area contributed by atoms with Gasteiger partial charge in [-0.05, 0) is 4.93 Å². The van der Waals surface area contributed by atoms with Crippen LogP contribution in [0.5, 0.6) is 0 Å². The maximum absolute atomic E-state index is 2.15. The Morgan fingerprint density at radius 2 is 1.25 bits per heavy atom. The van der Waals surface area contributed by atoms with E-state index in [0.29, 0.717) is 0 Å². The molecule has 0 fully saturated rings. The van der Waals surface area contributed by atoms with E-state index in [1.54, 1.807) is 0 Å². The zero-order valence-corrected chi connectivity index (χ0v) is 7.00. The summed E-state index contributed by atoms with van der Waals surface area (Å²) in [5.74, 6) is 0. The van der Waals surface area contributed by atoms with Crippen LogP contribution in [-0.2, 0) is 36.3 Å². The second-order valence-corrected chi connectivity index (χ2v) is 0. The Kier molecular flexibility index (Phi) is 88.6. The van der Waals surface area contributed by atoms with Crippen molar-refractivity contribution in [2.45, 2.75) is 0 Å². The number of hydrogen-bond donors (Lipinski definition) is 0. The van der Waals surface area contributed by atoms with Gasteiger partial charge in [-0.15, -0.1) is 0 Å². The summed E-state index contributed by atoms with van der Waals surface area (Å²) in [5, 5.41) is 0. The summed E-state index contributed by atoms with van der Waals surface area (Å²) in [5.41, 5.74) is 0. The average Bonchev–Trinajstić information content (AvgIpc) is 1.00. The predicted octanol–water partition coefficient (Wildman–Crippen LogP) is 1.05. The normalized spacial score (nSPS) is 1.50. The van der Waals surface area contributed by atoms with Crippen molar-refractivity contribution >= 4 is 22.6 Å². The molecule has 0 nitrogen and oxygen atoms in total. The molecule has 0 aromatic heterocycles. The first-order valence-electron chi connectivity index (χ1n) is 0.378. The Labute approximate surface area is 63.2 Å². The van der Waals surface area contributed by atoms with Crippen molar-refractivity contribution in [3.63, 3.8) is 0 Å². The molecule has 0 aliphatic rings. The van der Waals surface area contributed by atoms with Crippen molar-refractivity contribution in [3.05, 3.63) is 0 Å². The standard InChI is InChI=1S/CH3I.Co.Ru/c1-2;;/h1H3;;. The van der Waals surface area contributed by atoms with Gasteiger partial charge >= 0.3 is 0 Å². The van der Waals surface area contributed by atoms with Crippen LogP contribution in [0.15, 0.2) is 0 Å². The summed E-state index contributed by atoms with van der Waals surface area (Å²) in [7, 11) is 0. The van der Waals surface area contributed by atoms with E-state index < -0.39 is 0 Å². The molecule has 1 radical (unpaired) electrons. The predicted molar refractivity (Wildman–Crippen MR) is 19.9 cm³/mol. The summed E-state index contributed by atoms with van der Waals surface area (Å²) in [6.45, 7) is 0. The molecule has 0 heterocycles. The topological polar surface area (TPSA) is 0 Å². The fourth-order valence-corrected chi connectivity index (χ4v) is 0. The van der Waals surface area contributed by atoms with Gasteiger partial charge in [-0.25, -0.2) is 0 Å². The van der Waals surface area contributed by atoms with Gasteiger partial charge in [0.05, 0.1) is 0 Å².